The van der Waals surface area contributed by atoms with Crippen molar-refractivity contribution in [1.29, 1.82) is 0 Å². The molecule has 0 spiro atoms. The van der Waals surface area contributed by atoms with Gasteiger partial charge in [-0.05, 0) is 26.3 Å². The molecule has 0 aromatic carbocycles. The van der Waals surface area contributed by atoms with Crippen LogP contribution in [0.2, 0.25) is 0 Å². The Morgan fingerprint density at radius 2 is 2.29 bits per heavy atom. The summed E-state index contributed by atoms with van der Waals surface area (Å²) in [5.74, 6) is 1.22. The quantitative estimate of drug-likeness (QED) is 0.874. The van der Waals surface area contributed by atoms with Crippen molar-refractivity contribution in [3.8, 4) is 0 Å². The standard InChI is InChI=1S/C16H23N5O3/c1-10-14(11(2)24-19-10)7-16(22)21-9-13(23-3)6-12(21)8-20-5-4-15(17)18-20/h4-5,12-13H,6-9H2,1-3H3,(H2,17,18)/t12-,13+/m0/s1. The van der Waals surface area contributed by atoms with E-state index in [-0.39, 0.29) is 24.5 Å². The minimum atomic E-state index is 0.0298. The van der Waals surface area contributed by atoms with Crippen LogP contribution in [-0.4, -0.2) is 51.5 Å². The number of anilines is 1. The summed E-state index contributed by atoms with van der Waals surface area (Å²) in [4.78, 5) is 14.7. The van der Waals surface area contributed by atoms with E-state index in [9.17, 15) is 4.79 Å². The molecule has 3 rings (SSSR count). The van der Waals surface area contributed by atoms with Crippen LogP contribution in [0.15, 0.2) is 16.8 Å². The summed E-state index contributed by atoms with van der Waals surface area (Å²) in [6.45, 7) is 4.87. The van der Waals surface area contributed by atoms with Gasteiger partial charge in [0.15, 0.2) is 0 Å². The Kier molecular flexibility index (Phi) is 4.57. The van der Waals surface area contributed by atoms with Gasteiger partial charge in [-0.3, -0.25) is 9.48 Å². The highest BCUT2D eigenvalue weighted by molar-refractivity contribution is 5.80. The summed E-state index contributed by atoms with van der Waals surface area (Å²) in [6.07, 6.45) is 2.93. The molecule has 2 aromatic rings. The number of ether oxygens (including phenoxy) is 1. The van der Waals surface area contributed by atoms with Gasteiger partial charge in [0, 0.05) is 25.4 Å². The Morgan fingerprint density at radius 3 is 2.88 bits per heavy atom. The lowest BCUT2D eigenvalue weighted by molar-refractivity contribution is -0.131. The molecule has 1 amide bonds. The summed E-state index contributed by atoms with van der Waals surface area (Å²) in [6, 6.07) is 1.78. The minimum absolute atomic E-state index is 0.0298. The third-order valence-electron chi connectivity index (χ3n) is 4.60. The fourth-order valence-corrected chi connectivity index (χ4v) is 3.23. The molecule has 1 aliphatic rings. The van der Waals surface area contributed by atoms with E-state index in [1.807, 2.05) is 24.9 Å². The molecule has 2 atom stereocenters. The molecule has 130 valence electrons. The zero-order valence-electron chi connectivity index (χ0n) is 14.2. The number of carbonyl (C=O) groups is 1. The zero-order valence-corrected chi connectivity index (χ0v) is 14.2. The van der Waals surface area contributed by atoms with Crippen molar-refractivity contribution >= 4 is 11.7 Å². The van der Waals surface area contributed by atoms with Crippen LogP contribution in [0.5, 0.6) is 0 Å². The fraction of sp³-hybridized carbons (Fsp3) is 0.562. The molecule has 2 N–H and O–H groups in total. The van der Waals surface area contributed by atoms with Crippen LogP contribution in [0, 0.1) is 13.8 Å². The van der Waals surface area contributed by atoms with Crippen molar-refractivity contribution in [3.63, 3.8) is 0 Å². The number of rotatable bonds is 5. The number of carbonyl (C=O) groups excluding carboxylic acids is 1. The molecule has 0 saturated carbocycles. The number of amides is 1. The van der Waals surface area contributed by atoms with Gasteiger partial charge in [0.1, 0.15) is 11.6 Å². The minimum Gasteiger partial charge on any atom is -0.382 e. The van der Waals surface area contributed by atoms with Gasteiger partial charge in [0.2, 0.25) is 5.91 Å². The Labute approximate surface area is 140 Å². The van der Waals surface area contributed by atoms with E-state index in [1.54, 1.807) is 17.9 Å². The van der Waals surface area contributed by atoms with Gasteiger partial charge in [-0.15, -0.1) is 0 Å². The van der Waals surface area contributed by atoms with Crippen LogP contribution >= 0.6 is 0 Å². The lowest BCUT2D eigenvalue weighted by Crippen LogP contribution is -2.39. The predicted molar refractivity (Wildman–Crippen MR) is 87.2 cm³/mol. The SMILES string of the molecule is CO[C@@H]1C[C@@H](Cn2ccc(N)n2)N(C(=O)Cc2c(C)noc2C)C1. The van der Waals surface area contributed by atoms with Crippen LogP contribution in [-0.2, 0) is 22.5 Å². The van der Waals surface area contributed by atoms with Gasteiger partial charge < -0.3 is 19.9 Å². The van der Waals surface area contributed by atoms with Gasteiger partial charge in [0.25, 0.3) is 0 Å². The first-order valence-electron chi connectivity index (χ1n) is 8.01. The first kappa shape index (κ1) is 16.5. The largest absolute Gasteiger partial charge is 0.382 e. The number of nitrogens with zero attached hydrogens (tertiary/aromatic N) is 4. The zero-order chi connectivity index (χ0) is 17.3. The van der Waals surface area contributed by atoms with Crippen molar-refractivity contribution in [3.05, 3.63) is 29.3 Å². The number of aryl methyl sites for hydroxylation is 2. The number of nitrogens with two attached hydrogens (primary N) is 1. The van der Waals surface area contributed by atoms with Crippen LogP contribution in [0.25, 0.3) is 0 Å². The highest BCUT2D eigenvalue weighted by atomic mass is 16.5. The topological polar surface area (TPSA) is 99.4 Å². The molecular weight excluding hydrogens is 310 g/mol. The maximum Gasteiger partial charge on any atom is 0.227 e. The second-order valence-corrected chi connectivity index (χ2v) is 6.24. The summed E-state index contributed by atoms with van der Waals surface area (Å²) in [5, 5.41) is 8.13. The van der Waals surface area contributed by atoms with Crippen molar-refractivity contribution in [1.82, 2.24) is 19.8 Å². The van der Waals surface area contributed by atoms with Crippen molar-refractivity contribution in [2.24, 2.45) is 0 Å². The van der Waals surface area contributed by atoms with E-state index < -0.39 is 0 Å². The molecule has 24 heavy (non-hydrogen) atoms. The molecule has 0 radical (unpaired) electrons. The van der Waals surface area contributed by atoms with Crippen LogP contribution in [0.4, 0.5) is 5.82 Å². The first-order valence-corrected chi connectivity index (χ1v) is 8.01. The third-order valence-corrected chi connectivity index (χ3v) is 4.60. The van der Waals surface area contributed by atoms with Gasteiger partial charge >= 0.3 is 0 Å². The number of aromatic nitrogens is 3. The summed E-state index contributed by atoms with van der Waals surface area (Å²) in [5.41, 5.74) is 7.30. The maximum absolute atomic E-state index is 12.8. The van der Waals surface area contributed by atoms with Crippen molar-refractivity contribution in [2.45, 2.75) is 45.4 Å². The average molecular weight is 333 g/mol. The summed E-state index contributed by atoms with van der Waals surface area (Å²) in [7, 11) is 1.68. The number of hydrogen-bond donors (Lipinski definition) is 1. The van der Waals surface area contributed by atoms with Crippen LogP contribution in [0.1, 0.15) is 23.4 Å². The lowest BCUT2D eigenvalue weighted by atomic mass is 10.1. The first-order chi connectivity index (χ1) is 11.5. The second kappa shape index (κ2) is 6.64. The smallest absolute Gasteiger partial charge is 0.227 e. The highest BCUT2D eigenvalue weighted by Crippen LogP contribution is 2.24. The van der Waals surface area contributed by atoms with Gasteiger partial charge in [0.05, 0.1) is 30.8 Å². The predicted octanol–water partition coefficient (Wildman–Crippen LogP) is 0.929. The molecule has 8 nitrogen and oxygen atoms in total. The van der Waals surface area contributed by atoms with Crippen LogP contribution < -0.4 is 5.73 Å². The average Bonchev–Trinajstić information content (AvgIpc) is 3.23. The lowest BCUT2D eigenvalue weighted by Gasteiger charge is -2.24. The fourth-order valence-electron chi connectivity index (χ4n) is 3.23. The maximum atomic E-state index is 12.8. The summed E-state index contributed by atoms with van der Waals surface area (Å²) < 4.78 is 12.4. The van der Waals surface area contributed by atoms with Gasteiger partial charge in [-0.2, -0.15) is 5.10 Å². The van der Waals surface area contributed by atoms with E-state index in [1.165, 1.54) is 0 Å². The molecule has 3 heterocycles. The molecule has 1 saturated heterocycles. The van der Waals surface area contributed by atoms with Gasteiger partial charge in [-0.25, -0.2) is 0 Å². The Balaban J connectivity index is 1.74. The van der Waals surface area contributed by atoms with Gasteiger partial charge in [-0.1, -0.05) is 5.16 Å². The normalized spacial score (nSPS) is 20.7. The number of methoxy groups -OCH3 is 1. The Morgan fingerprint density at radius 1 is 1.50 bits per heavy atom. The van der Waals surface area contributed by atoms with E-state index in [0.717, 1.165) is 17.7 Å². The third kappa shape index (κ3) is 3.28. The summed E-state index contributed by atoms with van der Waals surface area (Å²) >= 11 is 0. The number of nitrogen functional groups attached to an aromatic ring is 1. The number of likely N-dealkylation sites (tertiary alicyclic amines) is 1. The molecule has 0 unspecified atom stereocenters. The van der Waals surface area contributed by atoms with Crippen molar-refractivity contribution in [2.75, 3.05) is 19.4 Å². The van der Waals surface area contributed by atoms with E-state index in [2.05, 4.69) is 10.3 Å². The molecular formula is C16H23N5O3. The molecule has 2 aromatic heterocycles. The molecule has 0 bridgehead atoms. The van der Waals surface area contributed by atoms with E-state index in [0.29, 0.717) is 24.7 Å². The Hall–Kier alpha value is -2.35. The number of hydrogen-bond acceptors (Lipinski definition) is 6. The monoisotopic (exact) mass is 333 g/mol. The van der Waals surface area contributed by atoms with Crippen LogP contribution in [0.3, 0.4) is 0 Å². The van der Waals surface area contributed by atoms with E-state index >= 15 is 0 Å². The van der Waals surface area contributed by atoms with Crippen molar-refractivity contribution < 1.29 is 14.1 Å². The molecule has 8 heteroatoms. The molecule has 0 aliphatic carbocycles. The second-order valence-electron chi connectivity index (χ2n) is 6.24. The molecule has 1 aliphatic heterocycles. The Bertz CT molecular complexity index is 704. The highest BCUT2D eigenvalue weighted by Gasteiger charge is 2.36. The molecule has 1 fully saturated rings. The van der Waals surface area contributed by atoms with E-state index in [4.69, 9.17) is 15.0 Å².